The zero-order valence-electron chi connectivity index (χ0n) is 15.1. The minimum absolute atomic E-state index is 0.137. The summed E-state index contributed by atoms with van der Waals surface area (Å²) < 4.78 is 6.08. The number of carbonyl (C=O) groups excluding carboxylic acids is 1. The second-order valence-corrected chi connectivity index (χ2v) is 7.54. The fraction of sp³-hybridized carbons (Fsp3) is 0.304. The van der Waals surface area contributed by atoms with Gasteiger partial charge in [0.1, 0.15) is 6.10 Å². The third-order valence-electron chi connectivity index (χ3n) is 5.85. The van der Waals surface area contributed by atoms with Crippen molar-refractivity contribution in [3.63, 3.8) is 0 Å². The molecule has 4 heteroatoms. The first kappa shape index (κ1) is 16.3. The summed E-state index contributed by atoms with van der Waals surface area (Å²) in [5, 5.41) is 2.28. The number of amides is 1. The smallest absolute Gasteiger partial charge is 0.254 e. The van der Waals surface area contributed by atoms with Crippen molar-refractivity contribution in [2.75, 3.05) is 0 Å². The van der Waals surface area contributed by atoms with Crippen molar-refractivity contribution in [1.82, 2.24) is 9.88 Å². The molecule has 4 nitrogen and oxygen atoms in total. The summed E-state index contributed by atoms with van der Waals surface area (Å²) in [7, 11) is 0. The molecule has 5 rings (SSSR count). The van der Waals surface area contributed by atoms with E-state index >= 15 is 0 Å². The van der Waals surface area contributed by atoms with Gasteiger partial charge in [-0.2, -0.15) is 0 Å². The highest BCUT2D eigenvalue weighted by Crippen LogP contribution is 2.38. The molecule has 2 fully saturated rings. The van der Waals surface area contributed by atoms with E-state index in [0.29, 0.717) is 5.88 Å². The molecular formula is C23H22N2O2. The summed E-state index contributed by atoms with van der Waals surface area (Å²) in [6.07, 6.45) is 5.78. The molecule has 0 radical (unpaired) electrons. The van der Waals surface area contributed by atoms with Gasteiger partial charge in [0.15, 0.2) is 0 Å². The number of rotatable bonds is 3. The number of piperidine rings is 1. The minimum Gasteiger partial charge on any atom is -0.474 e. The molecule has 3 aromatic rings. The van der Waals surface area contributed by atoms with Crippen molar-refractivity contribution in [2.45, 2.75) is 43.9 Å². The number of nitrogens with zero attached hydrogens (tertiary/aromatic N) is 2. The monoisotopic (exact) mass is 358 g/mol. The van der Waals surface area contributed by atoms with Crippen LogP contribution in [0, 0.1) is 0 Å². The number of hydrogen-bond acceptors (Lipinski definition) is 3. The number of carbonyl (C=O) groups is 1. The molecule has 0 spiro atoms. The lowest BCUT2D eigenvalue weighted by atomic mass is 9.97. The summed E-state index contributed by atoms with van der Waals surface area (Å²) in [6, 6.07) is 20.5. The largest absolute Gasteiger partial charge is 0.474 e. The molecular weight excluding hydrogens is 336 g/mol. The molecule has 1 amide bonds. The van der Waals surface area contributed by atoms with E-state index in [9.17, 15) is 4.79 Å². The van der Waals surface area contributed by atoms with Crippen LogP contribution in [-0.4, -0.2) is 34.0 Å². The predicted molar refractivity (Wildman–Crippen MR) is 105 cm³/mol. The lowest BCUT2D eigenvalue weighted by Crippen LogP contribution is -2.49. The average Bonchev–Trinajstić information content (AvgIpc) is 2.98. The molecule has 3 heterocycles. The lowest BCUT2D eigenvalue weighted by molar-refractivity contribution is 0.0348. The van der Waals surface area contributed by atoms with Gasteiger partial charge >= 0.3 is 0 Å². The van der Waals surface area contributed by atoms with Crippen LogP contribution in [0.5, 0.6) is 5.88 Å². The van der Waals surface area contributed by atoms with E-state index < -0.39 is 0 Å². The molecule has 0 aliphatic carbocycles. The fourth-order valence-corrected chi connectivity index (χ4v) is 4.61. The number of pyridine rings is 1. The second-order valence-electron chi connectivity index (χ2n) is 7.54. The van der Waals surface area contributed by atoms with Gasteiger partial charge in [-0.25, -0.2) is 4.98 Å². The van der Waals surface area contributed by atoms with E-state index in [-0.39, 0.29) is 24.1 Å². The number of hydrogen-bond donors (Lipinski definition) is 0. The zero-order chi connectivity index (χ0) is 18.2. The van der Waals surface area contributed by atoms with E-state index in [1.54, 1.807) is 6.20 Å². The van der Waals surface area contributed by atoms with Crippen LogP contribution in [-0.2, 0) is 0 Å². The summed E-state index contributed by atoms with van der Waals surface area (Å²) in [4.78, 5) is 19.6. The molecule has 2 aliphatic rings. The molecule has 1 aromatic heterocycles. The van der Waals surface area contributed by atoms with E-state index in [1.165, 1.54) is 5.39 Å². The molecule has 2 aromatic carbocycles. The van der Waals surface area contributed by atoms with Gasteiger partial charge in [-0.3, -0.25) is 4.79 Å². The SMILES string of the molecule is O=C(c1ccc2ccccc2c1)N1C2CCC1CC(Oc1ccccn1)C2. The third-order valence-corrected chi connectivity index (χ3v) is 5.85. The van der Waals surface area contributed by atoms with Gasteiger partial charge < -0.3 is 9.64 Å². The minimum atomic E-state index is 0.137. The van der Waals surface area contributed by atoms with E-state index in [4.69, 9.17) is 4.74 Å². The Hall–Kier alpha value is -2.88. The first-order valence-electron chi connectivity index (χ1n) is 9.67. The van der Waals surface area contributed by atoms with E-state index in [2.05, 4.69) is 22.0 Å². The fourth-order valence-electron chi connectivity index (χ4n) is 4.61. The zero-order valence-corrected chi connectivity index (χ0v) is 15.1. The molecule has 136 valence electrons. The van der Waals surface area contributed by atoms with Crippen LogP contribution < -0.4 is 4.74 Å². The number of aromatic nitrogens is 1. The van der Waals surface area contributed by atoms with Gasteiger partial charge in [-0.05, 0) is 41.8 Å². The highest BCUT2D eigenvalue weighted by atomic mass is 16.5. The van der Waals surface area contributed by atoms with Crippen molar-refractivity contribution < 1.29 is 9.53 Å². The topological polar surface area (TPSA) is 42.4 Å². The first-order chi connectivity index (χ1) is 13.3. The molecule has 0 N–H and O–H groups in total. The first-order valence-corrected chi connectivity index (χ1v) is 9.67. The van der Waals surface area contributed by atoms with Crippen molar-refractivity contribution in [2.24, 2.45) is 0 Å². The molecule has 2 unspecified atom stereocenters. The Bertz CT molecular complexity index is 958. The Labute approximate surface area is 158 Å². The summed E-state index contributed by atoms with van der Waals surface area (Å²) in [5.41, 5.74) is 0.787. The standard InChI is InChI=1S/C23H22N2O2/c26-23(18-9-8-16-5-1-2-6-17(16)13-18)25-19-10-11-20(25)15-21(14-19)27-22-7-3-4-12-24-22/h1-9,12-13,19-21H,10-11,14-15H2. The quantitative estimate of drug-likeness (QED) is 0.695. The number of fused-ring (bicyclic) bond motifs is 3. The van der Waals surface area contributed by atoms with Gasteiger partial charge in [0.2, 0.25) is 5.88 Å². The normalized spacial score (nSPS) is 24.1. The Balaban J connectivity index is 1.34. The second kappa shape index (κ2) is 6.69. The van der Waals surface area contributed by atoms with Gasteiger partial charge in [0, 0.05) is 42.8 Å². The van der Waals surface area contributed by atoms with Crippen LogP contribution in [0.3, 0.4) is 0 Å². The summed E-state index contributed by atoms with van der Waals surface area (Å²) in [5.74, 6) is 0.834. The summed E-state index contributed by atoms with van der Waals surface area (Å²) in [6.45, 7) is 0. The maximum atomic E-state index is 13.2. The highest BCUT2D eigenvalue weighted by molar-refractivity contribution is 5.99. The Morgan fingerprint density at radius 2 is 1.67 bits per heavy atom. The third kappa shape index (κ3) is 3.05. The van der Waals surface area contributed by atoms with Gasteiger partial charge in [-0.15, -0.1) is 0 Å². The van der Waals surface area contributed by atoms with Crippen LogP contribution in [0.1, 0.15) is 36.0 Å². The van der Waals surface area contributed by atoms with Crippen LogP contribution in [0.25, 0.3) is 10.8 Å². The Morgan fingerprint density at radius 1 is 0.926 bits per heavy atom. The maximum absolute atomic E-state index is 13.2. The van der Waals surface area contributed by atoms with Gasteiger partial charge in [0.05, 0.1) is 0 Å². The van der Waals surface area contributed by atoms with E-state index in [0.717, 1.165) is 36.6 Å². The molecule has 0 saturated carbocycles. The van der Waals surface area contributed by atoms with Crippen molar-refractivity contribution >= 4 is 16.7 Å². The molecule has 2 saturated heterocycles. The molecule has 2 bridgehead atoms. The Kier molecular flexibility index (Phi) is 4.04. The van der Waals surface area contributed by atoms with Crippen LogP contribution >= 0.6 is 0 Å². The van der Waals surface area contributed by atoms with Gasteiger partial charge in [-0.1, -0.05) is 36.4 Å². The van der Waals surface area contributed by atoms with E-state index in [1.807, 2.05) is 48.5 Å². The predicted octanol–water partition coefficient (Wildman–Crippen LogP) is 4.45. The Morgan fingerprint density at radius 3 is 2.41 bits per heavy atom. The number of benzene rings is 2. The van der Waals surface area contributed by atoms with Crippen LogP contribution in [0.4, 0.5) is 0 Å². The van der Waals surface area contributed by atoms with Crippen molar-refractivity contribution in [1.29, 1.82) is 0 Å². The molecule has 2 aliphatic heterocycles. The molecule has 27 heavy (non-hydrogen) atoms. The van der Waals surface area contributed by atoms with Crippen molar-refractivity contribution in [3.8, 4) is 5.88 Å². The average molecular weight is 358 g/mol. The van der Waals surface area contributed by atoms with Crippen LogP contribution in [0.15, 0.2) is 66.9 Å². The van der Waals surface area contributed by atoms with Crippen LogP contribution in [0.2, 0.25) is 0 Å². The maximum Gasteiger partial charge on any atom is 0.254 e. The van der Waals surface area contributed by atoms with Gasteiger partial charge in [0.25, 0.3) is 5.91 Å². The number of ether oxygens (including phenoxy) is 1. The molecule has 2 atom stereocenters. The lowest BCUT2D eigenvalue weighted by Gasteiger charge is -2.38. The van der Waals surface area contributed by atoms with Crippen molar-refractivity contribution in [3.05, 3.63) is 72.4 Å². The summed E-state index contributed by atoms with van der Waals surface area (Å²) >= 11 is 0. The highest BCUT2D eigenvalue weighted by Gasteiger charge is 2.44.